The van der Waals surface area contributed by atoms with Gasteiger partial charge in [-0.2, -0.15) is 0 Å². The number of rotatable bonds is 4. The van der Waals surface area contributed by atoms with Crippen molar-refractivity contribution >= 4 is 5.78 Å². The number of carbonyl (C=O) groups is 1. The van der Waals surface area contributed by atoms with E-state index in [0.717, 1.165) is 18.4 Å². The maximum absolute atomic E-state index is 10.8. The number of allylic oxidation sites excluding steroid dienone is 1. The van der Waals surface area contributed by atoms with Gasteiger partial charge in [-0.15, -0.1) is 0 Å². The monoisotopic (exact) mass is 183 g/mol. The third-order valence-electron chi connectivity index (χ3n) is 2.33. The second-order valence-electron chi connectivity index (χ2n) is 3.44. The van der Waals surface area contributed by atoms with Crippen LogP contribution in [-0.2, 0) is 9.53 Å². The van der Waals surface area contributed by atoms with E-state index in [0.29, 0.717) is 6.10 Å². The Kier molecular flexibility index (Phi) is 3.48. The molecule has 1 rings (SSSR count). The van der Waals surface area contributed by atoms with Crippen molar-refractivity contribution in [3.63, 3.8) is 0 Å². The highest BCUT2D eigenvalue weighted by Crippen LogP contribution is 2.20. The molecular formula is C10H17NO2. The molecule has 1 saturated heterocycles. The van der Waals surface area contributed by atoms with Gasteiger partial charge in [0.15, 0.2) is 5.78 Å². The van der Waals surface area contributed by atoms with Gasteiger partial charge in [0.2, 0.25) is 0 Å². The molecule has 1 heterocycles. The number of ether oxygens (including phenoxy) is 1. The lowest BCUT2D eigenvalue weighted by atomic mass is 10.1. The molecular weight excluding hydrogens is 166 g/mol. The van der Waals surface area contributed by atoms with Gasteiger partial charge in [-0.05, 0) is 20.3 Å². The Morgan fingerprint density at radius 2 is 2.23 bits per heavy atom. The second kappa shape index (κ2) is 4.42. The Labute approximate surface area is 79.2 Å². The van der Waals surface area contributed by atoms with Crippen LogP contribution >= 0.6 is 0 Å². The molecule has 0 aromatic carbocycles. The predicted octanol–water partition coefficient (Wildman–Crippen LogP) is 1.59. The molecule has 0 aliphatic carbocycles. The van der Waals surface area contributed by atoms with Crippen LogP contribution in [0.4, 0.5) is 0 Å². The summed E-state index contributed by atoms with van der Waals surface area (Å²) in [7, 11) is 0. The van der Waals surface area contributed by atoms with Crippen molar-refractivity contribution in [2.75, 3.05) is 0 Å². The summed E-state index contributed by atoms with van der Waals surface area (Å²) in [6.45, 7) is 5.47. The second-order valence-corrected chi connectivity index (χ2v) is 3.44. The average molecular weight is 183 g/mol. The van der Waals surface area contributed by atoms with E-state index in [1.54, 1.807) is 20.0 Å². The molecule has 1 aliphatic heterocycles. The maximum atomic E-state index is 10.8. The topological polar surface area (TPSA) is 38.3 Å². The summed E-state index contributed by atoms with van der Waals surface area (Å²) in [5.41, 5.74) is 0.739. The van der Waals surface area contributed by atoms with Gasteiger partial charge in [-0.25, -0.2) is 0 Å². The number of hydrogen-bond donors (Lipinski definition) is 1. The minimum Gasteiger partial charge on any atom is -0.366 e. The van der Waals surface area contributed by atoms with Crippen LogP contribution in [0.1, 0.15) is 33.6 Å². The van der Waals surface area contributed by atoms with E-state index < -0.39 is 0 Å². The molecule has 0 radical (unpaired) electrons. The first kappa shape index (κ1) is 10.3. The third-order valence-corrected chi connectivity index (χ3v) is 2.33. The van der Waals surface area contributed by atoms with E-state index in [1.165, 1.54) is 0 Å². The van der Waals surface area contributed by atoms with Gasteiger partial charge in [0.05, 0.1) is 6.10 Å². The van der Waals surface area contributed by atoms with Gasteiger partial charge in [0.25, 0.3) is 0 Å². The summed E-state index contributed by atoms with van der Waals surface area (Å²) in [5.74, 6) is 0.0962. The molecule has 13 heavy (non-hydrogen) atoms. The van der Waals surface area contributed by atoms with Crippen LogP contribution in [0, 0.1) is 0 Å². The van der Waals surface area contributed by atoms with Crippen molar-refractivity contribution in [1.29, 1.82) is 0 Å². The Bertz CT molecular complexity index is 217. The van der Waals surface area contributed by atoms with Crippen LogP contribution < -0.4 is 5.32 Å². The molecule has 0 bridgehead atoms. The van der Waals surface area contributed by atoms with Crippen LogP contribution in [0.2, 0.25) is 0 Å². The van der Waals surface area contributed by atoms with Gasteiger partial charge >= 0.3 is 0 Å². The highest BCUT2D eigenvalue weighted by molar-refractivity contribution is 5.92. The number of hydrogen-bond acceptors (Lipinski definition) is 3. The minimum absolute atomic E-state index is 0.0962. The van der Waals surface area contributed by atoms with Crippen LogP contribution in [0.25, 0.3) is 0 Å². The Hall–Kier alpha value is -0.830. The van der Waals surface area contributed by atoms with Crippen molar-refractivity contribution in [3.8, 4) is 0 Å². The van der Waals surface area contributed by atoms with E-state index in [4.69, 9.17) is 4.74 Å². The summed E-state index contributed by atoms with van der Waals surface area (Å²) in [4.78, 5) is 10.8. The third kappa shape index (κ3) is 2.84. The highest BCUT2D eigenvalue weighted by atomic mass is 16.5. The number of carbonyl (C=O) groups excluding carboxylic acids is 1. The number of ketones is 1. The van der Waals surface area contributed by atoms with E-state index in [1.807, 2.05) is 0 Å². The smallest absolute Gasteiger partial charge is 0.156 e. The first-order valence-corrected chi connectivity index (χ1v) is 4.72. The minimum atomic E-state index is 0.0962. The lowest BCUT2D eigenvalue weighted by molar-refractivity contribution is -0.134. The fraction of sp³-hybridized carbons (Fsp3) is 0.700. The molecule has 2 atom stereocenters. The standard InChI is InChI=1S/C10H17NO2/c1-4-9-5-10(13-9)11-6-7(2)8(3)12/h6,9-11H,4-5H2,1-3H3/b7-6-. The average Bonchev–Trinajstić information content (AvgIpc) is 2.01. The van der Waals surface area contributed by atoms with Gasteiger partial charge < -0.3 is 10.1 Å². The molecule has 1 N–H and O–H groups in total. The zero-order valence-electron chi connectivity index (χ0n) is 8.46. The van der Waals surface area contributed by atoms with Crippen LogP contribution in [0.15, 0.2) is 11.8 Å². The van der Waals surface area contributed by atoms with E-state index in [9.17, 15) is 4.79 Å². The van der Waals surface area contributed by atoms with Gasteiger partial charge in [-0.3, -0.25) is 4.79 Å². The summed E-state index contributed by atoms with van der Waals surface area (Å²) in [6, 6.07) is 0. The summed E-state index contributed by atoms with van der Waals surface area (Å²) >= 11 is 0. The zero-order valence-corrected chi connectivity index (χ0v) is 8.46. The first-order valence-electron chi connectivity index (χ1n) is 4.72. The van der Waals surface area contributed by atoms with Crippen LogP contribution in [0.5, 0.6) is 0 Å². The fourth-order valence-electron chi connectivity index (χ4n) is 1.15. The van der Waals surface area contributed by atoms with E-state index >= 15 is 0 Å². The van der Waals surface area contributed by atoms with Crippen molar-refractivity contribution < 1.29 is 9.53 Å². The molecule has 0 saturated carbocycles. The quantitative estimate of drug-likeness (QED) is 0.673. The number of nitrogens with one attached hydrogen (secondary N) is 1. The van der Waals surface area contributed by atoms with Crippen molar-refractivity contribution in [3.05, 3.63) is 11.8 Å². The zero-order chi connectivity index (χ0) is 9.84. The molecule has 0 amide bonds. The van der Waals surface area contributed by atoms with Gasteiger partial charge in [-0.1, -0.05) is 6.92 Å². The molecule has 2 unspecified atom stereocenters. The summed E-state index contributed by atoms with van der Waals surface area (Å²) in [6.07, 6.45) is 4.35. The largest absolute Gasteiger partial charge is 0.366 e. The molecule has 0 aromatic rings. The summed E-state index contributed by atoms with van der Waals surface area (Å²) in [5, 5.41) is 3.06. The fourth-order valence-corrected chi connectivity index (χ4v) is 1.15. The molecule has 1 fully saturated rings. The van der Waals surface area contributed by atoms with Crippen LogP contribution in [-0.4, -0.2) is 18.1 Å². The number of Topliss-reactive ketones (excluding diaryl/α,β-unsaturated/α-hetero) is 1. The van der Waals surface area contributed by atoms with Crippen LogP contribution in [0.3, 0.4) is 0 Å². The molecule has 3 heteroatoms. The normalized spacial score (nSPS) is 28.1. The molecule has 3 nitrogen and oxygen atoms in total. The summed E-state index contributed by atoms with van der Waals surface area (Å²) < 4.78 is 5.45. The molecule has 1 aliphatic rings. The van der Waals surface area contributed by atoms with Gasteiger partial charge in [0, 0.05) is 18.2 Å². The van der Waals surface area contributed by atoms with Crippen molar-refractivity contribution in [1.82, 2.24) is 5.32 Å². The van der Waals surface area contributed by atoms with Crippen molar-refractivity contribution in [2.24, 2.45) is 0 Å². The van der Waals surface area contributed by atoms with E-state index in [2.05, 4.69) is 12.2 Å². The Morgan fingerprint density at radius 1 is 1.62 bits per heavy atom. The molecule has 74 valence electrons. The first-order chi connectivity index (χ1) is 6.13. The lowest BCUT2D eigenvalue weighted by Gasteiger charge is -2.35. The van der Waals surface area contributed by atoms with Gasteiger partial charge in [0.1, 0.15) is 6.23 Å². The Morgan fingerprint density at radius 3 is 2.69 bits per heavy atom. The Balaban J connectivity index is 2.21. The highest BCUT2D eigenvalue weighted by Gasteiger charge is 2.27. The molecule has 0 spiro atoms. The predicted molar refractivity (Wildman–Crippen MR) is 51.1 cm³/mol. The maximum Gasteiger partial charge on any atom is 0.156 e. The molecule has 0 aromatic heterocycles. The lowest BCUT2D eigenvalue weighted by Crippen LogP contribution is -2.44. The van der Waals surface area contributed by atoms with E-state index in [-0.39, 0.29) is 12.0 Å². The SMILES string of the molecule is CCC1CC(N/C=C(/C)C(C)=O)O1. The van der Waals surface area contributed by atoms with Crippen molar-refractivity contribution in [2.45, 2.75) is 45.9 Å².